The Labute approximate surface area is 141 Å². The number of anilines is 1. The van der Waals surface area contributed by atoms with Gasteiger partial charge >= 0.3 is 0 Å². The molecule has 0 aliphatic carbocycles. The maximum atomic E-state index is 10.9. The molecule has 0 atom stereocenters. The molecule has 0 saturated carbocycles. The van der Waals surface area contributed by atoms with Gasteiger partial charge in [0.2, 0.25) is 0 Å². The van der Waals surface area contributed by atoms with Crippen molar-refractivity contribution in [3.05, 3.63) is 69.8 Å². The number of non-ortho nitro benzene ring substituents is 1. The molecule has 0 aromatic heterocycles. The summed E-state index contributed by atoms with van der Waals surface area (Å²) in [5, 5.41) is 20.3. The Kier molecular flexibility index (Phi) is 5.69. The lowest BCUT2D eigenvalue weighted by molar-refractivity contribution is -0.384. The van der Waals surface area contributed by atoms with Gasteiger partial charge in [-0.2, -0.15) is 5.26 Å². The van der Waals surface area contributed by atoms with Gasteiger partial charge in [0.1, 0.15) is 0 Å². The predicted octanol–water partition coefficient (Wildman–Crippen LogP) is 4.51. The fourth-order valence-electron chi connectivity index (χ4n) is 2.50. The van der Waals surface area contributed by atoms with E-state index in [2.05, 4.69) is 24.8 Å². The van der Waals surface area contributed by atoms with Crippen LogP contribution in [0.4, 0.5) is 11.4 Å². The minimum atomic E-state index is -0.461. The minimum absolute atomic E-state index is 0.0227. The Morgan fingerprint density at radius 2 is 1.88 bits per heavy atom. The molecule has 5 nitrogen and oxygen atoms in total. The molecule has 0 N–H and O–H groups in total. The van der Waals surface area contributed by atoms with Gasteiger partial charge in [-0.05, 0) is 43.2 Å². The van der Waals surface area contributed by atoms with Crippen LogP contribution in [0, 0.1) is 21.4 Å². The highest BCUT2D eigenvalue weighted by Gasteiger charge is 2.09. The summed E-state index contributed by atoms with van der Waals surface area (Å²) in [6.07, 6.45) is 1.74. The van der Waals surface area contributed by atoms with Gasteiger partial charge in [0, 0.05) is 30.9 Å². The summed E-state index contributed by atoms with van der Waals surface area (Å²) < 4.78 is 0. The van der Waals surface area contributed by atoms with E-state index in [1.165, 1.54) is 12.1 Å². The van der Waals surface area contributed by atoms with Crippen molar-refractivity contribution in [3.63, 3.8) is 0 Å². The lowest BCUT2D eigenvalue weighted by atomic mass is 10.0. The first-order valence-corrected chi connectivity index (χ1v) is 7.80. The number of allylic oxidation sites excluding steroid dienone is 1. The van der Waals surface area contributed by atoms with Crippen molar-refractivity contribution in [1.29, 1.82) is 5.26 Å². The molecule has 0 unspecified atom stereocenters. The Balaban J connectivity index is 2.32. The smallest absolute Gasteiger partial charge is 0.270 e. The number of hydrogen-bond donors (Lipinski definition) is 0. The van der Waals surface area contributed by atoms with E-state index in [0.717, 1.165) is 24.3 Å². The van der Waals surface area contributed by atoms with Gasteiger partial charge in [0.05, 0.1) is 16.6 Å². The topological polar surface area (TPSA) is 70.2 Å². The van der Waals surface area contributed by atoms with Gasteiger partial charge in [0.15, 0.2) is 0 Å². The molecular weight excluding hydrogens is 302 g/mol. The number of nitro benzene ring substituents is 1. The minimum Gasteiger partial charge on any atom is -0.372 e. The fraction of sp³-hybridized carbons (Fsp3) is 0.211. The van der Waals surface area contributed by atoms with E-state index in [0.29, 0.717) is 11.1 Å². The Morgan fingerprint density at radius 1 is 1.21 bits per heavy atom. The van der Waals surface area contributed by atoms with Gasteiger partial charge < -0.3 is 4.90 Å². The second-order valence-corrected chi connectivity index (χ2v) is 5.24. The van der Waals surface area contributed by atoms with Gasteiger partial charge in [-0.25, -0.2) is 0 Å². The third kappa shape index (κ3) is 3.99. The van der Waals surface area contributed by atoms with E-state index in [9.17, 15) is 15.4 Å². The lowest BCUT2D eigenvalue weighted by Crippen LogP contribution is -2.21. The van der Waals surface area contributed by atoms with Gasteiger partial charge in [-0.1, -0.05) is 24.3 Å². The zero-order valence-corrected chi connectivity index (χ0v) is 13.8. The zero-order chi connectivity index (χ0) is 17.5. The molecule has 0 fully saturated rings. The molecule has 0 heterocycles. The third-order valence-corrected chi connectivity index (χ3v) is 3.82. The van der Waals surface area contributed by atoms with Crippen molar-refractivity contribution in [2.24, 2.45) is 0 Å². The van der Waals surface area contributed by atoms with Crippen LogP contribution in [0.3, 0.4) is 0 Å². The molecule has 0 aliphatic rings. The number of hydrogen-bond acceptors (Lipinski definition) is 4. The summed E-state index contributed by atoms with van der Waals surface area (Å²) in [6.45, 7) is 6.08. The summed E-state index contributed by atoms with van der Waals surface area (Å²) in [5.41, 5.74) is 2.93. The maximum Gasteiger partial charge on any atom is 0.270 e. The molecule has 2 aromatic carbocycles. The van der Waals surface area contributed by atoms with Crippen LogP contribution < -0.4 is 4.90 Å². The molecule has 2 rings (SSSR count). The molecule has 5 heteroatoms. The van der Waals surface area contributed by atoms with E-state index in [4.69, 9.17) is 0 Å². The van der Waals surface area contributed by atoms with Crippen LogP contribution >= 0.6 is 0 Å². The van der Waals surface area contributed by atoms with Gasteiger partial charge in [0.25, 0.3) is 5.69 Å². The average Bonchev–Trinajstić information content (AvgIpc) is 2.62. The quantitative estimate of drug-likeness (QED) is 0.340. The molecule has 0 aliphatic heterocycles. The lowest BCUT2D eigenvalue weighted by Gasteiger charge is -2.20. The third-order valence-electron chi connectivity index (χ3n) is 3.82. The molecular formula is C19H19N3O2. The first kappa shape index (κ1) is 17.2. The zero-order valence-electron chi connectivity index (χ0n) is 13.8. The van der Waals surface area contributed by atoms with Crippen molar-refractivity contribution in [2.75, 3.05) is 18.0 Å². The van der Waals surface area contributed by atoms with Crippen LogP contribution in [0.25, 0.3) is 11.6 Å². The standard InChI is InChI=1S/C19H19N3O2/c1-3-21(4-2)18-10-8-15(9-11-18)12-17(14-20)16-6-5-7-19(13-16)22(23)24/h5-13H,3-4H2,1-2H3. The number of nitrogens with zero attached hydrogens (tertiary/aromatic N) is 3. The van der Waals surface area contributed by atoms with Crippen molar-refractivity contribution in [3.8, 4) is 6.07 Å². The van der Waals surface area contributed by atoms with Crippen LogP contribution in [0.15, 0.2) is 48.5 Å². The molecule has 0 spiro atoms. The molecule has 0 radical (unpaired) electrons. The summed E-state index contributed by atoms with van der Waals surface area (Å²) in [7, 11) is 0. The first-order chi connectivity index (χ1) is 11.6. The summed E-state index contributed by atoms with van der Waals surface area (Å²) in [4.78, 5) is 12.7. The van der Waals surface area contributed by atoms with Crippen LogP contribution in [0.1, 0.15) is 25.0 Å². The summed E-state index contributed by atoms with van der Waals surface area (Å²) >= 11 is 0. The molecule has 0 amide bonds. The monoisotopic (exact) mass is 321 g/mol. The van der Waals surface area contributed by atoms with Gasteiger partial charge in [-0.15, -0.1) is 0 Å². The second-order valence-electron chi connectivity index (χ2n) is 5.24. The van der Waals surface area contributed by atoms with Crippen LogP contribution in [0.5, 0.6) is 0 Å². The van der Waals surface area contributed by atoms with E-state index < -0.39 is 4.92 Å². The molecule has 2 aromatic rings. The van der Waals surface area contributed by atoms with Crippen molar-refractivity contribution >= 4 is 23.0 Å². The van der Waals surface area contributed by atoms with Crippen LogP contribution in [0.2, 0.25) is 0 Å². The van der Waals surface area contributed by atoms with Crippen molar-refractivity contribution in [1.82, 2.24) is 0 Å². The highest BCUT2D eigenvalue weighted by atomic mass is 16.6. The normalized spacial score (nSPS) is 11.0. The Morgan fingerprint density at radius 3 is 2.42 bits per heavy atom. The van der Waals surface area contributed by atoms with Crippen LogP contribution in [-0.2, 0) is 0 Å². The van der Waals surface area contributed by atoms with E-state index in [-0.39, 0.29) is 5.69 Å². The largest absolute Gasteiger partial charge is 0.372 e. The number of nitriles is 1. The highest BCUT2D eigenvalue weighted by Crippen LogP contribution is 2.23. The summed E-state index contributed by atoms with van der Waals surface area (Å²) in [6, 6.07) is 16.2. The maximum absolute atomic E-state index is 10.9. The predicted molar refractivity (Wildman–Crippen MR) is 96.6 cm³/mol. The van der Waals surface area contributed by atoms with Crippen LogP contribution in [-0.4, -0.2) is 18.0 Å². The van der Waals surface area contributed by atoms with E-state index in [1.54, 1.807) is 18.2 Å². The van der Waals surface area contributed by atoms with Gasteiger partial charge in [-0.3, -0.25) is 10.1 Å². The summed E-state index contributed by atoms with van der Waals surface area (Å²) in [5.74, 6) is 0. The molecule has 24 heavy (non-hydrogen) atoms. The Bertz CT molecular complexity index is 785. The molecule has 0 bridgehead atoms. The average molecular weight is 321 g/mol. The SMILES string of the molecule is CCN(CC)c1ccc(C=C(C#N)c2cccc([N+](=O)[O-])c2)cc1. The Hall–Kier alpha value is -3.13. The van der Waals surface area contributed by atoms with E-state index in [1.807, 2.05) is 24.3 Å². The second kappa shape index (κ2) is 7.93. The first-order valence-electron chi connectivity index (χ1n) is 7.80. The number of nitro groups is 1. The number of rotatable bonds is 6. The van der Waals surface area contributed by atoms with E-state index >= 15 is 0 Å². The molecule has 0 saturated heterocycles. The molecule has 122 valence electrons. The fourth-order valence-corrected chi connectivity index (χ4v) is 2.50. The highest BCUT2D eigenvalue weighted by molar-refractivity contribution is 5.90. The van der Waals surface area contributed by atoms with Crippen molar-refractivity contribution < 1.29 is 4.92 Å². The van der Waals surface area contributed by atoms with Crippen molar-refractivity contribution in [2.45, 2.75) is 13.8 Å². The number of benzene rings is 2.